The first-order valence-electron chi connectivity index (χ1n) is 6.17. The Bertz CT molecular complexity index is 650. The number of hydrogen-bond acceptors (Lipinski definition) is 3. The summed E-state index contributed by atoms with van der Waals surface area (Å²) in [6.07, 6.45) is 4.89. The Hall–Kier alpha value is -1.93. The maximum absolute atomic E-state index is 13.6. The van der Waals surface area contributed by atoms with Crippen molar-refractivity contribution in [2.75, 3.05) is 6.54 Å². The number of hydrogen-bond donors (Lipinski definition) is 2. The monoisotopic (exact) mass is 348 g/mol. The molecule has 22 heavy (non-hydrogen) atoms. The van der Waals surface area contributed by atoms with Crippen LogP contribution in [0.25, 0.3) is 0 Å². The molecule has 0 spiro atoms. The van der Waals surface area contributed by atoms with Crippen molar-refractivity contribution in [1.29, 1.82) is 0 Å². The molecule has 1 aromatic rings. The van der Waals surface area contributed by atoms with E-state index in [9.17, 15) is 13.2 Å². The molecule has 3 N–H and O–H groups in total. The van der Waals surface area contributed by atoms with E-state index in [-0.39, 0.29) is 23.6 Å². The third-order valence-corrected chi connectivity index (χ3v) is 3.31. The molecule has 1 aromatic carbocycles. The Balaban J connectivity index is 2.00. The van der Waals surface area contributed by atoms with E-state index in [1.165, 1.54) is 17.3 Å². The van der Waals surface area contributed by atoms with Crippen LogP contribution in [-0.2, 0) is 6.42 Å². The molecule has 0 aliphatic carbocycles. The Morgan fingerprint density at radius 2 is 1.95 bits per heavy atom. The van der Waals surface area contributed by atoms with E-state index in [1.54, 1.807) is 17.3 Å². The van der Waals surface area contributed by atoms with Crippen molar-refractivity contribution < 1.29 is 13.2 Å². The molecule has 0 radical (unpaired) electrons. The molecular weight excluding hydrogens is 337 g/mol. The number of nitrogens with one attached hydrogen (secondary N) is 1. The van der Waals surface area contributed by atoms with Gasteiger partial charge < -0.3 is 10.6 Å². The molecule has 1 aliphatic heterocycles. The SMILES string of the molecule is NC(=S)NN1C=CN(CCc2ccc(F)c(F)c2F)C(Cl)=C1. The zero-order chi connectivity index (χ0) is 16.3. The number of hydrazine groups is 1. The van der Waals surface area contributed by atoms with Gasteiger partial charge in [0.15, 0.2) is 22.6 Å². The zero-order valence-corrected chi connectivity index (χ0v) is 12.8. The van der Waals surface area contributed by atoms with Gasteiger partial charge in [0.2, 0.25) is 0 Å². The summed E-state index contributed by atoms with van der Waals surface area (Å²) in [6.45, 7) is 0.286. The van der Waals surface area contributed by atoms with Crippen molar-refractivity contribution >= 4 is 28.9 Å². The molecule has 0 amide bonds. The lowest BCUT2D eigenvalue weighted by molar-refractivity contribution is 0.384. The van der Waals surface area contributed by atoms with Gasteiger partial charge in [0, 0.05) is 18.9 Å². The molecule has 1 aliphatic rings. The van der Waals surface area contributed by atoms with Gasteiger partial charge in [0.1, 0.15) is 5.16 Å². The first-order chi connectivity index (χ1) is 10.4. The van der Waals surface area contributed by atoms with Gasteiger partial charge in [0.25, 0.3) is 0 Å². The fourth-order valence-electron chi connectivity index (χ4n) is 1.83. The third-order valence-electron chi connectivity index (χ3n) is 2.90. The maximum Gasteiger partial charge on any atom is 0.194 e. The maximum atomic E-state index is 13.6. The van der Waals surface area contributed by atoms with Crippen LogP contribution in [0.1, 0.15) is 5.56 Å². The molecule has 0 unspecified atom stereocenters. The minimum atomic E-state index is -1.47. The largest absolute Gasteiger partial charge is 0.375 e. The lowest BCUT2D eigenvalue weighted by atomic mass is 10.1. The lowest BCUT2D eigenvalue weighted by Gasteiger charge is -2.28. The van der Waals surface area contributed by atoms with Crippen LogP contribution in [0.4, 0.5) is 13.2 Å². The Morgan fingerprint density at radius 3 is 2.59 bits per heavy atom. The summed E-state index contributed by atoms with van der Waals surface area (Å²) in [7, 11) is 0. The number of halogens is 4. The minimum absolute atomic E-state index is 0.0699. The first-order valence-corrected chi connectivity index (χ1v) is 6.96. The standard InChI is InChI=1S/C13H12ClF3N4S/c14-10-7-21(19-13(18)22)6-5-20(10)4-3-8-1-2-9(15)12(17)11(8)16/h1-2,5-7H,3-4H2,(H3,18,19,22). The molecule has 0 atom stereocenters. The zero-order valence-electron chi connectivity index (χ0n) is 11.2. The van der Waals surface area contributed by atoms with Crippen molar-refractivity contribution in [2.45, 2.75) is 6.42 Å². The van der Waals surface area contributed by atoms with Gasteiger partial charge >= 0.3 is 0 Å². The summed E-state index contributed by atoms with van der Waals surface area (Å²) in [5, 5.41) is 1.86. The fourth-order valence-corrected chi connectivity index (χ4v) is 2.18. The van der Waals surface area contributed by atoms with Crippen LogP contribution in [0.3, 0.4) is 0 Å². The smallest absolute Gasteiger partial charge is 0.194 e. The topological polar surface area (TPSA) is 44.5 Å². The quantitative estimate of drug-likeness (QED) is 0.497. The number of rotatable bonds is 4. The van der Waals surface area contributed by atoms with E-state index < -0.39 is 17.5 Å². The molecule has 0 saturated heterocycles. The van der Waals surface area contributed by atoms with Crippen molar-refractivity contribution in [3.63, 3.8) is 0 Å². The number of benzene rings is 1. The van der Waals surface area contributed by atoms with Gasteiger partial charge in [-0.05, 0) is 30.3 Å². The second-order valence-corrected chi connectivity index (χ2v) is 5.24. The van der Waals surface area contributed by atoms with E-state index in [2.05, 4.69) is 5.43 Å². The Kier molecular flexibility index (Phi) is 5.15. The highest BCUT2D eigenvalue weighted by Crippen LogP contribution is 2.19. The van der Waals surface area contributed by atoms with Gasteiger partial charge in [-0.3, -0.25) is 10.4 Å². The molecule has 0 saturated carbocycles. The third kappa shape index (κ3) is 3.83. The van der Waals surface area contributed by atoms with Gasteiger partial charge in [-0.2, -0.15) is 0 Å². The minimum Gasteiger partial charge on any atom is -0.375 e. The average molecular weight is 349 g/mol. The van der Waals surface area contributed by atoms with Crippen LogP contribution in [0.15, 0.2) is 35.9 Å². The van der Waals surface area contributed by atoms with E-state index >= 15 is 0 Å². The normalized spacial score (nSPS) is 14.1. The Morgan fingerprint density at radius 1 is 1.23 bits per heavy atom. The van der Waals surface area contributed by atoms with Gasteiger partial charge in [-0.25, -0.2) is 13.2 Å². The van der Waals surface area contributed by atoms with Crippen LogP contribution in [0.2, 0.25) is 0 Å². The summed E-state index contributed by atoms with van der Waals surface area (Å²) in [4.78, 5) is 1.61. The number of nitrogens with zero attached hydrogens (tertiary/aromatic N) is 2. The van der Waals surface area contributed by atoms with Crippen LogP contribution in [0, 0.1) is 17.5 Å². The molecule has 1 heterocycles. The molecule has 2 rings (SSSR count). The lowest BCUT2D eigenvalue weighted by Crippen LogP contribution is -2.40. The second-order valence-electron chi connectivity index (χ2n) is 4.41. The van der Waals surface area contributed by atoms with Crippen LogP contribution < -0.4 is 11.2 Å². The highest BCUT2D eigenvalue weighted by atomic mass is 35.5. The van der Waals surface area contributed by atoms with Crippen molar-refractivity contribution in [2.24, 2.45) is 5.73 Å². The molecule has 4 nitrogen and oxygen atoms in total. The number of thiocarbonyl (C=S) groups is 1. The van der Waals surface area contributed by atoms with Crippen LogP contribution in [0.5, 0.6) is 0 Å². The van der Waals surface area contributed by atoms with Crippen molar-refractivity contribution in [1.82, 2.24) is 15.3 Å². The molecule has 0 aromatic heterocycles. The van der Waals surface area contributed by atoms with E-state index in [0.717, 1.165) is 6.07 Å². The fraction of sp³-hybridized carbons (Fsp3) is 0.154. The molecule has 0 bridgehead atoms. The molecular formula is C13H12ClF3N4S. The van der Waals surface area contributed by atoms with Crippen molar-refractivity contribution in [3.05, 3.63) is 58.9 Å². The summed E-state index contributed by atoms with van der Waals surface area (Å²) >= 11 is 10.8. The number of nitrogens with two attached hydrogens (primary N) is 1. The van der Waals surface area contributed by atoms with Gasteiger partial charge in [-0.15, -0.1) is 0 Å². The summed E-state index contributed by atoms with van der Waals surface area (Å²) in [5.41, 5.74) is 8.05. The highest BCUT2D eigenvalue weighted by Gasteiger charge is 2.16. The highest BCUT2D eigenvalue weighted by molar-refractivity contribution is 7.80. The van der Waals surface area contributed by atoms with Crippen LogP contribution >= 0.6 is 23.8 Å². The summed E-state index contributed by atoms with van der Waals surface area (Å²) in [5.74, 6) is -3.87. The van der Waals surface area contributed by atoms with Gasteiger partial charge in [-0.1, -0.05) is 17.7 Å². The van der Waals surface area contributed by atoms with E-state index in [1.807, 2.05) is 0 Å². The van der Waals surface area contributed by atoms with E-state index in [4.69, 9.17) is 29.6 Å². The van der Waals surface area contributed by atoms with Gasteiger partial charge in [0.05, 0.1) is 6.20 Å². The van der Waals surface area contributed by atoms with Crippen LogP contribution in [-0.4, -0.2) is 21.6 Å². The predicted octanol–water partition coefficient (Wildman–Crippen LogP) is 2.52. The Labute approximate surface area is 135 Å². The summed E-state index contributed by atoms with van der Waals surface area (Å²) < 4.78 is 39.6. The molecule has 9 heteroatoms. The van der Waals surface area contributed by atoms with E-state index in [0.29, 0.717) is 5.16 Å². The van der Waals surface area contributed by atoms with Crippen molar-refractivity contribution in [3.8, 4) is 0 Å². The second kappa shape index (κ2) is 6.89. The predicted molar refractivity (Wildman–Crippen MR) is 81.6 cm³/mol. The average Bonchev–Trinajstić information content (AvgIpc) is 2.45. The first kappa shape index (κ1) is 16.4. The summed E-state index contributed by atoms with van der Waals surface area (Å²) in [6, 6.07) is 2.10. The molecule has 0 fully saturated rings. The molecule has 118 valence electrons.